The molecular formula is C15H22BrNO. The molecule has 2 rings (SSSR count). The molecule has 0 saturated heterocycles. The summed E-state index contributed by atoms with van der Waals surface area (Å²) in [6, 6.07) is 6.36. The normalized spacial score (nSPS) is 23.9. The third kappa shape index (κ3) is 3.48. The Morgan fingerprint density at radius 2 is 2.00 bits per heavy atom. The Hall–Kier alpha value is -0.540. The molecule has 1 aliphatic carbocycles. The van der Waals surface area contributed by atoms with Crippen LogP contribution >= 0.6 is 15.9 Å². The van der Waals surface area contributed by atoms with E-state index in [1.807, 2.05) is 0 Å². The zero-order valence-electron chi connectivity index (χ0n) is 11.0. The van der Waals surface area contributed by atoms with Crippen molar-refractivity contribution >= 4 is 21.6 Å². The number of rotatable bonds is 4. The minimum absolute atomic E-state index is 0.339. The summed E-state index contributed by atoms with van der Waals surface area (Å²) in [6.45, 7) is 3.42. The van der Waals surface area contributed by atoms with Gasteiger partial charge in [-0.15, -0.1) is 0 Å². The molecule has 2 atom stereocenters. The van der Waals surface area contributed by atoms with E-state index in [2.05, 4.69) is 46.4 Å². The van der Waals surface area contributed by atoms with E-state index in [4.69, 9.17) is 0 Å². The molecule has 0 radical (unpaired) electrons. The molecule has 0 aromatic heterocycles. The summed E-state index contributed by atoms with van der Waals surface area (Å²) in [5.74, 6) is 1.11. The molecule has 0 heterocycles. The van der Waals surface area contributed by atoms with Gasteiger partial charge < -0.3 is 10.4 Å². The average molecular weight is 312 g/mol. The second-order valence-electron chi connectivity index (χ2n) is 5.33. The molecule has 1 aliphatic rings. The van der Waals surface area contributed by atoms with Gasteiger partial charge in [0.2, 0.25) is 0 Å². The van der Waals surface area contributed by atoms with E-state index in [-0.39, 0.29) is 0 Å². The molecule has 2 unspecified atom stereocenters. The van der Waals surface area contributed by atoms with Crippen molar-refractivity contribution in [3.63, 3.8) is 0 Å². The Morgan fingerprint density at radius 1 is 1.28 bits per heavy atom. The number of anilines is 1. The van der Waals surface area contributed by atoms with Gasteiger partial charge in [-0.2, -0.15) is 0 Å². The third-order valence-corrected chi connectivity index (χ3v) is 4.92. The molecule has 2 nitrogen and oxygen atoms in total. The zero-order chi connectivity index (χ0) is 13.0. The van der Waals surface area contributed by atoms with Crippen LogP contribution < -0.4 is 5.32 Å². The molecule has 0 bridgehead atoms. The van der Waals surface area contributed by atoms with Crippen molar-refractivity contribution in [2.45, 2.75) is 32.6 Å². The molecule has 1 aromatic carbocycles. The molecule has 100 valence electrons. The third-order valence-electron chi connectivity index (χ3n) is 4.03. The number of nitrogens with one attached hydrogen (secondary N) is 1. The summed E-state index contributed by atoms with van der Waals surface area (Å²) in [4.78, 5) is 0. The maximum atomic E-state index is 9.41. The average Bonchev–Trinajstić information content (AvgIpc) is 2.40. The van der Waals surface area contributed by atoms with Gasteiger partial charge in [-0.1, -0.05) is 28.8 Å². The van der Waals surface area contributed by atoms with Crippen LogP contribution in [0.2, 0.25) is 0 Å². The van der Waals surface area contributed by atoms with Crippen LogP contribution in [0.1, 0.15) is 31.2 Å². The predicted molar refractivity (Wildman–Crippen MR) is 79.9 cm³/mol. The number of aryl methyl sites for hydroxylation is 1. The van der Waals surface area contributed by atoms with Gasteiger partial charge in [0.1, 0.15) is 0 Å². The smallest absolute Gasteiger partial charge is 0.0462 e. The highest BCUT2D eigenvalue weighted by Gasteiger charge is 2.23. The maximum Gasteiger partial charge on any atom is 0.0462 e. The lowest BCUT2D eigenvalue weighted by atomic mass is 9.79. The van der Waals surface area contributed by atoms with Crippen LogP contribution in [0.15, 0.2) is 22.7 Å². The molecule has 0 spiro atoms. The molecule has 1 aromatic rings. The van der Waals surface area contributed by atoms with Crippen LogP contribution in [0.25, 0.3) is 0 Å². The lowest BCUT2D eigenvalue weighted by Crippen LogP contribution is -2.28. The standard InChI is InChI=1S/C15H22BrNO/c1-11-8-14(6-7-15(11)16)17-9-12-4-2-3-5-13(12)10-18/h6-8,12-13,17-18H,2-5,9-10H2,1H3. The van der Waals surface area contributed by atoms with Crippen LogP contribution in [0.5, 0.6) is 0 Å². The van der Waals surface area contributed by atoms with Crippen molar-refractivity contribution in [3.05, 3.63) is 28.2 Å². The van der Waals surface area contributed by atoms with Gasteiger partial charge in [0.25, 0.3) is 0 Å². The highest BCUT2D eigenvalue weighted by Crippen LogP contribution is 2.30. The van der Waals surface area contributed by atoms with Crippen LogP contribution in [0.3, 0.4) is 0 Å². The first-order chi connectivity index (χ1) is 8.70. The quantitative estimate of drug-likeness (QED) is 0.882. The van der Waals surface area contributed by atoms with Crippen LogP contribution in [0, 0.1) is 18.8 Å². The van der Waals surface area contributed by atoms with Gasteiger partial charge in [-0.05, 0) is 55.4 Å². The van der Waals surface area contributed by atoms with Gasteiger partial charge >= 0.3 is 0 Å². The monoisotopic (exact) mass is 311 g/mol. The van der Waals surface area contributed by atoms with Crippen molar-refractivity contribution in [1.29, 1.82) is 0 Å². The van der Waals surface area contributed by atoms with Crippen molar-refractivity contribution in [1.82, 2.24) is 0 Å². The van der Waals surface area contributed by atoms with Gasteiger partial charge in [0.05, 0.1) is 0 Å². The van der Waals surface area contributed by atoms with Gasteiger partial charge in [0.15, 0.2) is 0 Å². The first-order valence-electron chi connectivity index (χ1n) is 6.81. The second kappa shape index (κ2) is 6.58. The Labute approximate surface area is 118 Å². The van der Waals surface area contributed by atoms with Gasteiger partial charge in [0, 0.05) is 23.3 Å². The zero-order valence-corrected chi connectivity index (χ0v) is 12.5. The topological polar surface area (TPSA) is 32.3 Å². The Morgan fingerprint density at radius 3 is 2.67 bits per heavy atom. The van der Waals surface area contributed by atoms with Crippen LogP contribution in [0.4, 0.5) is 5.69 Å². The van der Waals surface area contributed by atoms with Crippen LogP contribution in [-0.2, 0) is 0 Å². The highest BCUT2D eigenvalue weighted by atomic mass is 79.9. The first-order valence-corrected chi connectivity index (χ1v) is 7.61. The van der Waals surface area contributed by atoms with E-state index in [0.717, 1.165) is 11.0 Å². The fourth-order valence-corrected chi connectivity index (χ4v) is 3.04. The number of halogens is 1. The highest BCUT2D eigenvalue weighted by molar-refractivity contribution is 9.10. The first kappa shape index (κ1) is 13.9. The lowest BCUT2D eigenvalue weighted by molar-refractivity contribution is 0.141. The summed E-state index contributed by atoms with van der Waals surface area (Å²) in [5.41, 5.74) is 2.43. The Kier molecular flexibility index (Phi) is 5.07. The number of aliphatic hydroxyl groups is 1. The fourth-order valence-electron chi connectivity index (χ4n) is 2.80. The number of benzene rings is 1. The lowest BCUT2D eigenvalue weighted by Gasteiger charge is -2.30. The molecule has 18 heavy (non-hydrogen) atoms. The summed E-state index contributed by atoms with van der Waals surface area (Å²) >= 11 is 3.52. The Bertz CT molecular complexity index is 394. The molecule has 0 aliphatic heterocycles. The summed E-state index contributed by atoms with van der Waals surface area (Å²) < 4.78 is 1.15. The predicted octanol–water partition coefficient (Wildman–Crippen LogP) is 3.97. The van der Waals surface area contributed by atoms with Crippen molar-refractivity contribution in [2.75, 3.05) is 18.5 Å². The largest absolute Gasteiger partial charge is 0.396 e. The Balaban J connectivity index is 1.91. The van der Waals surface area contributed by atoms with Gasteiger partial charge in [-0.25, -0.2) is 0 Å². The van der Waals surface area contributed by atoms with E-state index >= 15 is 0 Å². The van der Waals surface area contributed by atoms with E-state index in [0.29, 0.717) is 18.4 Å². The van der Waals surface area contributed by atoms with Gasteiger partial charge in [-0.3, -0.25) is 0 Å². The molecular weight excluding hydrogens is 290 g/mol. The van der Waals surface area contributed by atoms with Crippen LogP contribution in [-0.4, -0.2) is 18.3 Å². The van der Waals surface area contributed by atoms with Crippen molar-refractivity contribution in [2.24, 2.45) is 11.8 Å². The summed E-state index contributed by atoms with van der Waals surface area (Å²) in [5, 5.41) is 12.9. The second-order valence-corrected chi connectivity index (χ2v) is 6.19. The molecule has 3 heteroatoms. The maximum absolute atomic E-state index is 9.41. The minimum Gasteiger partial charge on any atom is -0.396 e. The number of aliphatic hydroxyl groups excluding tert-OH is 1. The minimum atomic E-state index is 0.339. The SMILES string of the molecule is Cc1cc(NCC2CCCCC2CO)ccc1Br. The molecule has 1 saturated carbocycles. The van der Waals surface area contributed by atoms with Crippen molar-refractivity contribution in [3.8, 4) is 0 Å². The molecule has 2 N–H and O–H groups in total. The van der Waals surface area contributed by atoms with E-state index in [1.165, 1.54) is 36.9 Å². The number of hydrogen-bond donors (Lipinski definition) is 2. The molecule has 1 fully saturated rings. The molecule has 0 amide bonds. The van der Waals surface area contributed by atoms with E-state index < -0.39 is 0 Å². The van der Waals surface area contributed by atoms with Crippen molar-refractivity contribution < 1.29 is 5.11 Å². The van der Waals surface area contributed by atoms with E-state index in [9.17, 15) is 5.11 Å². The fraction of sp³-hybridized carbons (Fsp3) is 0.600. The summed E-state index contributed by atoms with van der Waals surface area (Å²) in [6.07, 6.45) is 5.01. The summed E-state index contributed by atoms with van der Waals surface area (Å²) in [7, 11) is 0. The van der Waals surface area contributed by atoms with E-state index in [1.54, 1.807) is 0 Å². The number of hydrogen-bond acceptors (Lipinski definition) is 2.